The molecule has 0 saturated carbocycles. The third kappa shape index (κ3) is 2.67. The Kier molecular flexibility index (Phi) is 4.06. The molecule has 0 amide bonds. The maximum absolute atomic E-state index is 5.21. The lowest BCUT2D eigenvalue weighted by atomic mass is 10.1. The lowest BCUT2D eigenvalue weighted by Crippen LogP contribution is -1.97. The Balaban J connectivity index is 2.04. The van der Waals surface area contributed by atoms with Crippen molar-refractivity contribution in [2.45, 2.75) is 0 Å². The summed E-state index contributed by atoms with van der Waals surface area (Å²) in [5.74, 6) is 1.66. The number of benzene rings is 2. The van der Waals surface area contributed by atoms with Gasteiger partial charge >= 0.3 is 0 Å². The van der Waals surface area contributed by atoms with E-state index >= 15 is 0 Å². The number of hydrogen-bond acceptors (Lipinski definition) is 3. The van der Waals surface area contributed by atoms with E-state index in [1.165, 1.54) is 11.9 Å². The maximum Gasteiger partial charge on any atom is 0.221 e. The first kappa shape index (κ1) is 14.5. The van der Waals surface area contributed by atoms with Crippen LogP contribution in [0.2, 0.25) is 0 Å². The zero-order valence-electron chi connectivity index (χ0n) is 12.4. The van der Waals surface area contributed by atoms with Crippen LogP contribution in [0, 0.1) is 0 Å². The minimum Gasteiger partial charge on any atom is -0.497 e. The van der Waals surface area contributed by atoms with Gasteiger partial charge in [0.25, 0.3) is 0 Å². The lowest BCUT2D eigenvalue weighted by molar-refractivity contribution is -0.345. The second kappa shape index (κ2) is 6.15. The van der Waals surface area contributed by atoms with E-state index in [-0.39, 0.29) is 0 Å². The number of methoxy groups -OCH3 is 2. The topological polar surface area (TPSA) is 35.6 Å². The van der Waals surface area contributed by atoms with Crippen molar-refractivity contribution in [1.82, 2.24) is 0 Å². The highest BCUT2D eigenvalue weighted by atomic mass is 32.2. The van der Waals surface area contributed by atoms with Crippen LogP contribution in [0.15, 0.2) is 48.5 Å². The average molecular weight is 312 g/mol. The van der Waals surface area contributed by atoms with Crippen molar-refractivity contribution in [2.24, 2.45) is 0 Å². The molecule has 2 aromatic rings. The van der Waals surface area contributed by atoms with Gasteiger partial charge in [-0.05, 0) is 54.1 Å². The molecule has 1 aliphatic rings. The van der Waals surface area contributed by atoms with Crippen LogP contribution in [0.4, 0.5) is 0 Å². The van der Waals surface area contributed by atoms with Gasteiger partial charge in [0.15, 0.2) is 0 Å². The summed E-state index contributed by atoms with van der Waals surface area (Å²) in [7, 11) is 3.32. The average Bonchev–Trinajstić information content (AvgIpc) is 2.96. The Labute approximate surface area is 134 Å². The fourth-order valence-corrected chi connectivity index (χ4v) is 3.07. The molecule has 2 aromatic carbocycles. The highest BCUT2D eigenvalue weighted by molar-refractivity contribution is 8.10. The molecule has 0 fully saturated rings. The van der Waals surface area contributed by atoms with Gasteiger partial charge in [-0.3, -0.25) is 0 Å². The Hall–Kier alpha value is -2.40. The Morgan fingerprint density at radius 3 is 1.86 bits per heavy atom. The molecule has 0 N–H and O–H groups in total. The smallest absolute Gasteiger partial charge is 0.221 e. The molecule has 0 atom stereocenters. The molecule has 0 radical (unpaired) electrons. The Morgan fingerprint density at radius 2 is 1.36 bits per heavy atom. The van der Waals surface area contributed by atoms with Crippen LogP contribution >= 0.6 is 11.9 Å². The normalized spacial score (nSPS) is 14.0. The van der Waals surface area contributed by atoms with Crippen molar-refractivity contribution in [3.63, 3.8) is 0 Å². The van der Waals surface area contributed by atoms with E-state index in [0.29, 0.717) is 0 Å². The Bertz CT molecular complexity index is 721. The molecule has 22 heavy (non-hydrogen) atoms. The zero-order chi connectivity index (χ0) is 15.5. The molecule has 5 heteroatoms. The molecular formula is C17H16N2O2S. The fourth-order valence-electron chi connectivity index (χ4n) is 2.25. The van der Waals surface area contributed by atoms with E-state index in [2.05, 4.69) is 11.5 Å². The maximum atomic E-state index is 5.21. The van der Waals surface area contributed by atoms with E-state index in [9.17, 15) is 0 Å². The van der Waals surface area contributed by atoms with Gasteiger partial charge in [0, 0.05) is 5.56 Å². The summed E-state index contributed by atoms with van der Waals surface area (Å²) in [6, 6.07) is 15.8. The summed E-state index contributed by atoms with van der Waals surface area (Å²) in [6.07, 6.45) is 0. The molecular weight excluding hydrogens is 296 g/mol. The highest BCUT2D eigenvalue weighted by Gasteiger charge is 2.22. The van der Waals surface area contributed by atoms with Crippen molar-refractivity contribution in [3.8, 4) is 11.5 Å². The first-order valence-electron chi connectivity index (χ1n) is 6.74. The van der Waals surface area contributed by atoms with E-state index in [1.807, 2.05) is 48.5 Å². The second-order valence-electron chi connectivity index (χ2n) is 4.71. The summed E-state index contributed by atoms with van der Waals surface area (Å²) < 4.78 is 12.1. The first-order chi connectivity index (χ1) is 10.7. The standard InChI is InChI=1S/C17H16N2O2S/c1-19-16(12-4-8-14(20-2)9-5-12)17(22-18-19)13-6-10-15(21-3)11-7-13/h4-11H,1H2,2-3H3. The van der Waals surface area contributed by atoms with E-state index in [4.69, 9.17) is 9.47 Å². The van der Waals surface area contributed by atoms with Crippen molar-refractivity contribution >= 4 is 29.3 Å². The molecule has 1 heterocycles. The predicted molar refractivity (Wildman–Crippen MR) is 91.1 cm³/mol. The van der Waals surface area contributed by atoms with Gasteiger partial charge in [0.2, 0.25) is 5.70 Å². The molecule has 112 valence electrons. The molecule has 0 saturated heterocycles. The van der Waals surface area contributed by atoms with Gasteiger partial charge in [-0.1, -0.05) is 0 Å². The highest BCUT2D eigenvalue weighted by Crippen LogP contribution is 2.46. The van der Waals surface area contributed by atoms with Crippen molar-refractivity contribution in [1.29, 1.82) is 0 Å². The van der Waals surface area contributed by atoms with Gasteiger partial charge < -0.3 is 14.3 Å². The fraction of sp³-hybridized carbons (Fsp3) is 0.118. The molecule has 3 rings (SSSR count). The zero-order valence-corrected chi connectivity index (χ0v) is 13.3. The molecule has 0 aromatic heterocycles. The largest absolute Gasteiger partial charge is 0.497 e. The van der Waals surface area contributed by atoms with Gasteiger partial charge in [0.1, 0.15) is 18.2 Å². The minimum atomic E-state index is 0.827. The van der Waals surface area contributed by atoms with Crippen LogP contribution in [-0.2, 0) is 0 Å². The third-order valence-electron chi connectivity index (χ3n) is 3.42. The van der Waals surface area contributed by atoms with E-state index in [0.717, 1.165) is 33.2 Å². The summed E-state index contributed by atoms with van der Waals surface area (Å²) in [5, 5.41) is 0. The predicted octanol–water partition coefficient (Wildman–Crippen LogP) is 4.19. The molecule has 4 nitrogen and oxygen atoms in total. The van der Waals surface area contributed by atoms with Crippen LogP contribution in [0.3, 0.4) is 0 Å². The van der Waals surface area contributed by atoms with Crippen molar-refractivity contribution < 1.29 is 14.2 Å². The summed E-state index contributed by atoms with van der Waals surface area (Å²) >= 11 is 1.43. The third-order valence-corrected chi connectivity index (χ3v) is 4.31. The van der Waals surface area contributed by atoms with Gasteiger partial charge in [0.05, 0.1) is 19.1 Å². The minimum absolute atomic E-state index is 0.827. The Morgan fingerprint density at radius 1 is 0.864 bits per heavy atom. The molecule has 0 bridgehead atoms. The summed E-state index contributed by atoms with van der Waals surface area (Å²) in [6.45, 7) is 3.98. The van der Waals surface area contributed by atoms with Crippen LogP contribution in [0.25, 0.3) is 15.4 Å². The van der Waals surface area contributed by atoms with Crippen LogP contribution in [0.1, 0.15) is 11.1 Å². The summed E-state index contributed by atoms with van der Waals surface area (Å²) in [4.78, 5) is 5.41. The van der Waals surface area contributed by atoms with Crippen LogP contribution < -0.4 is 9.47 Å². The van der Waals surface area contributed by atoms with Crippen LogP contribution in [0.5, 0.6) is 11.5 Å². The van der Waals surface area contributed by atoms with Gasteiger partial charge in [-0.15, -0.1) is 0 Å². The quantitative estimate of drug-likeness (QED) is 0.627. The molecule has 1 aliphatic heterocycles. The number of hydrogen-bond donors (Lipinski definition) is 0. The van der Waals surface area contributed by atoms with Crippen LogP contribution in [-0.4, -0.2) is 25.6 Å². The summed E-state index contributed by atoms with van der Waals surface area (Å²) in [5.41, 5.74) is 3.12. The van der Waals surface area contributed by atoms with Gasteiger partial charge in [-0.2, -0.15) is 11.9 Å². The second-order valence-corrected chi connectivity index (χ2v) is 5.46. The first-order valence-corrected chi connectivity index (χ1v) is 7.52. The number of nitrogens with zero attached hydrogens (tertiary/aromatic N) is 2. The van der Waals surface area contributed by atoms with E-state index in [1.54, 1.807) is 18.9 Å². The number of ether oxygens (including phenoxy) is 2. The molecule has 0 aliphatic carbocycles. The van der Waals surface area contributed by atoms with E-state index < -0.39 is 0 Å². The molecule has 0 spiro atoms. The van der Waals surface area contributed by atoms with Crippen molar-refractivity contribution in [2.75, 3.05) is 14.2 Å². The molecule has 0 unspecified atom stereocenters. The van der Waals surface area contributed by atoms with Gasteiger partial charge in [-0.25, -0.2) is 4.68 Å². The number of rotatable bonds is 4. The lowest BCUT2D eigenvalue weighted by Gasteiger charge is -2.06. The monoisotopic (exact) mass is 312 g/mol. The van der Waals surface area contributed by atoms with Crippen molar-refractivity contribution in [3.05, 3.63) is 64.5 Å². The SMILES string of the molecule is C=[N+]1[N-]SC(c2ccc(OC)cc2)=C1c1ccc(OC)cc1.